The number of benzene rings is 3. The number of amides is 2. The van der Waals surface area contributed by atoms with Gasteiger partial charge in [-0.3, -0.25) is 4.79 Å². The first-order chi connectivity index (χ1) is 26.9. The minimum absolute atomic E-state index is 0.185. The summed E-state index contributed by atoms with van der Waals surface area (Å²) in [5.41, 5.74) is 1.94. The molecule has 308 valence electrons. The maximum absolute atomic E-state index is 13.0. The van der Waals surface area contributed by atoms with Crippen LogP contribution in [-0.4, -0.2) is 105 Å². The SMILES string of the molecule is COC(=O)[C@H](CNC(=O)OC(C)(C)C)NS(=O)c1ccc(-c2ccc(S(=O)NCCCOCCOCCOCCCNC(=O)OCc3ccccc3)cc2)cc1. The van der Waals surface area contributed by atoms with E-state index in [4.69, 9.17) is 28.4 Å². The molecule has 3 aromatic rings. The number of carbonyl (C=O) groups is 3. The molecule has 2 amide bonds. The van der Waals surface area contributed by atoms with E-state index in [9.17, 15) is 22.8 Å². The van der Waals surface area contributed by atoms with Crippen LogP contribution >= 0.6 is 0 Å². The second-order valence-electron chi connectivity index (χ2n) is 13.1. The first kappa shape index (κ1) is 46.2. The van der Waals surface area contributed by atoms with E-state index >= 15 is 0 Å². The molecule has 0 saturated carbocycles. The number of hydrogen-bond donors (Lipinski definition) is 4. The fourth-order valence-corrected chi connectivity index (χ4v) is 6.49. The average Bonchev–Trinajstić information content (AvgIpc) is 3.19. The zero-order valence-electron chi connectivity index (χ0n) is 32.4. The van der Waals surface area contributed by atoms with E-state index in [2.05, 4.69) is 20.1 Å². The molecule has 56 heavy (non-hydrogen) atoms. The van der Waals surface area contributed by atoms with Crippen molar-refractivity contribution in [3.8, 4) is 11.1 Å². The van der Waals surface area contributed by atoms with Gasteiger partial charge in [0.1, 0.15) is 40.2 Å². The highest BCUT2D eigenvalue weighted by atomic mass is 32.2. The summed E-state index contributed by atoms with van der Waals surface area (Å²) in [6.07, 6.45) is 0.168. The molecule has 3 rings (SSSR count). The first-order valence-electron chi connectivity index (χ1n) is 18.2. The van der Waals surface area contributed by atoms with Crippen LogP contribution in [0.25, 0.3) is 11.1 Å². The molecule has 0 bridgehead atoms. The van der Waals surface area contributed by atoms with E-state index in [1.165, 1.54) is 7.11 Å². The molecule has 0 heterocycles. The van der Waals surface area contributed by atoms with Crippen LogP contribution in [0.3, 0.4) is 0 Å². The fourth-order valence-electron chi connectivity index (χ4n) is 4.66. The quantitative estimate of drug-likeness (QED) is 0.0539. The minimum atomic E-state index is -1.78. The summed E-state index contributed by atoms with van der Waals surface area (Å²) in [5.74, 6) is -0.689. The van der Waals surface area contributed by atoms with Gasteiger partial charge in [0.2, 0.25) is 0 Å². The van der Waals surface area contributed by atoms with Gasteiger partial charge in [0.15, 0.2) is 0 Å². The Kier molecular flexibility index (Phi) is 21.3. The largest absolute Gasteiger partial charge is 0.468 e. The number of rotatable bonds is 25. The van der Waals surface area contributed by atoms with Crippen LogP contribution in [0, 0.1) is 0 Å². The summed E-state index contributed by atoms with van der Waals surface area (Å²) >= 11 is 0. The number of nitrogens with one attached hydrogen (secondary N) is 4. The van der Waals surface area contributed by atoms with Crippen LogP contribution in [0.1, 0.15) is 39.2 Å². The number of carbonyl (C=O) groups excluding carboxylic acids is 3. The predicted molar refractivity (Wildman–Crippen MR) is 212 cm³/mol. The zero-order chi connectivity index (χ0) is 40.6. The Labute approximate surface area is 334 Å². The molecule has 15 nitrogen and oxygen atoms in total. The summed E-state index contributed by atoms with van der Waals surface area (Å²) in [5, 5.41) is 5.18. The summed E-state index contributed by atoms with van der Waals surface area (Å²) < 4.78 is 63.2. The zero-order valence-corrected chi connectivity index (χ0v) is 34.0. The Morgan fingerprint density at radius 1 is 0.661 bits per heavy atom. The predicted octanol–water partition coefficient (Wildman–Crippen LogP) is 4.40. The van der Waals surface area contributed by atoms with Gasteiger partial charge in [-0.15, -0.1) is 0 Å². The molecule has 3 atom stereocenters. The highest BCUT2D eigenvalue weighted by Crippen LogP contribution is 2.22. The van der Waals surface area contributed by atoms with E-state index in [1.807, 2.05) is 42.5 Å². The molecular weight excluding hydrogens is 765 g/mol. The second-order valence-corrected chi connectivity index (χ2v) is 15.6. The van der Waals surface area contributed by atoms with Crippen molar-refractivity contribution in [2.75, 3.05) is 66.4 Å². The van der Waals surface area contributed by atoms with E-state index in [0.29, 0.717) is 75.4 Å². The molecule has 0 saturated heterocycles. The number of esters is 1. The molecule has 17 heteroatoms. The number of ether oxygens (including phenoxy) is 6. The molecule has 4 N–H and O–H groups in total. The van der Waals surface area contributed by atoms with Crippen molar-refractivity contribution in [2.45, 2.75) is 61.7 Å². The molecule has 0 aromatic heterocycles. The lowest BCUT2D eigenvalue weighted by atomic mass is 10.1. The highest BCUT2D eigenvalue weighted by molar-refractivity contribution is 7.83. The van der Waals surface area contributed by atoms with Gasteiger partial charge in [0.05, 0.1) is 43.3 Å². The van der Waals surface area contributed by atoms with E-state index in [-0.39, 0.29) is 13.2 Å². The number of methoxy groups -OCH3 is 1. The highest BCUT2D eigenvalue weighted by Gasteiger charge is 2.24. The maximum atomic E-state index is 13.0. The van der Waals surface area contributed by atoms with E-state index < -0.39 is 51.8 Å². The van der Waals surface area contributed by atoms with Crippen molar-refractivity contribution in [1.82, 2.24) is 20.1 Å². The first-order valence-corrected chi connectivity index (χ1v) is 20.5. The molecule has 0 aliphatic heterocycles. The average molecular weight is 819 g/mol. The lowest BCUT2D eigenvalue weighted by Crippen LogP contribution is -2.48. The molecule has 3 aromatic carbocycles. The molecule has 0 radical (unpaired) electrons. The van der Waals surface area contributed by atoms with Crippen LogP contribution in [0.2, 0.25) is 0 Å². The van der Waals surface area contributed by atoms with Gasteiger partial charge < -0.3 is 39.1 Å². The summed E-state index contributed by atoms with van der Waals surface area (Å²) in [6, 6.07) is 22.6. The van der Waals surface area contributed by atoms with Crippen molar-refractivity contribution >= 4 is 40.1 Å². The third kappa shape index (κ3) is 19.1. The lowest BCUT2D eigenvalue weighted by Gasteiger charge is -2.21. The Hall–Kier alpha value is -4.23. The van der Waals surface area contributed by atoms with Crippen molar-refractivity contribution in [3.05, 3.63) is 84.4 Å². The molecule has 0 aliphatic rings. The van der Waals surface area contributed by atoms with E-state index in [0.717, 1.165) is 16.7 Å². The number of hydrogen-bond acceptors (Lipinski definition) is 11. The monoisotopic (exact) mass is 818 g/mol. The van der Waals surface area contributed by atoms with Gasteiger partial charge in [-0.25, -0.2) is 27.5 Å². The molecule has 0 aliphatic carbocycles. The van der Waals surface area contributed by atoms with Gasteiger partial charge in [0, 0.05) is 32.8 Å². The van der Waals surface area contributed by atoms with Gasteiger partial charge in [-0.05, 0) is 74.6 Å². The molecule has 2 unspecified atom stereocenters. The van der Waals surface area contributed by atoms with Crippen LogP contribution in [0.15, 0.2) is 88.7 Å². The summed E-state index contributed by atoms with van der Waals surface area (Å²) in [7, 11) is -1.98. The van der Waals surface area contributed by atoms with Gasteiger partial charge in [0.25, 0.3) is 0 Å². The Balaban J connectivity index is 1.22. The van der Waals surface area contributed by atoms with Gasteiger partial charge in [-0.2, -0.15) is 0 Å². The lowest BCUT2D eigenvalue weighted by molar-refractivity contribution is -0.142. The standard InChI is InChI=1S/C39H54N4O11S2/c1-39(2,3)54-38(46)41-28-35(36(44)49-4)43-56(48)34-18-14-32(15-19-34)31-12-16-33(17-13-31)55(47)42-21-9-23-51-25-27-52-26-24-50-22-8-20-40-37(45)53-29-30-10-6-5-7-11-30/h5-7,10-19,35,42-43H,8-9,20-29H2,1-4H3,(H,40,45)(H,41,46)/t35-,55?,56?/m0/s1. The van der Waals surface area contributed by atoms with E-state index in [1.54, 1.807) is 57.2 Å². The topological polar surface area (TPSA) is 189 Å². The number of alkyl carbamates (subject to hydrolysis) is 2. The van der Waals surface area contributed by atoms with Crippen molar-refractivity contribution in [2.24, 2.45) is 0 Å². The minimum Gasteiger partial charge on any atom is -0.468 e. The smallest absolute Gasteiger partial charge is 0.407 e. The Morgan fingerprint density at radius 3 is 1.75 bits per heavy atom. The Bertz CT molecular complexity index is 1660. The third-order valence-corrected chi connectivity index (χ3v) is 9.81. The van der Waals surface area contributed by atoms with Crippen LogP contribution in [-0.2, 0) is 61.8 Å². The fraction of sp³-hybridized carbons (Fsp3) is 0.462. The van der Waals surface area contributed by atoms with Gasteiger partial charge in [-0.1, -0.05) is 54.6 Å². The second kappa shape index (κ2) is 25.8. The van der Waals surface area contributed by atoms with Crippen molar-refractivity contribution in [3.63, 3.8) is 0 Å². The molecular formula is C39H54N4O11S2. The van der Waals surface area contributed by atoms with Crippen molar-refractivity contribution < 1.29 is 51.2 Å². The van der Waals surface area contributed by atoms with Crippen LogP contribution in [0.5, 0.6) is 0 Å². The van der Waals surface area contributed by atoms with Crippen LogP contribution < -0.4 is 20.1 Å². The summed E-state index contributed by atoms with van der Waals surface area (Å²) in [4.78, 5) is 37.0. The maximum Gasteiger partial charge on any atom is 0.407 e. The van der Waals surface area contributed by atoms with Crippen molar-refractivity contribution in [1.29, 1.82) is 0 Å². The molecule has 0 spiro atoms. The summed E-state index contributed by atoms with van der Waals surface area (Å²) in [6.45, 7) is 8.92. The van der Waals surface area contributed by atoms with Crippen LogP contribution in [0.4, 0.5) is 9.59 Å². The Morgan fingerprint density at radius 2 is 1.20 bits per heavy atom. The normalized spacial score (nSPS) is 12.9. The van der Waals surface area contributed by atoms with Gasteiger partial charge >= 0.3 is 18.2 Å². The molecule has 0 fully saturated rings. The third-order valence-electron chi connectivity index (χ3n) is 7.44.